The normalized spacial score (nSPS) is 19.9. The average molecular weight is 527 g/mol. The van der Waals surface area contributed by atoms with Crippen molar-refractivity contribution >= 4 is 17.4 Å². The van der Waals surface area contributed by atoms with E-state index in [2.05, 4.69) is 29.2 Å². The van der Waals surface area contributed by atoms with Crippen molar-refractivity contribution in [3.05, 3.63) is 71.9 Å². The number of ether oxygens (including phenoxy) is 2. The van der Waals surface area contributed by atoms with Crippen LogP contribution in [0.25, 0.3) is 28.0 Å². The van der Waals surface area contributed by atoms with Gasteiger partial charge in [-0.25, -0.2) is 9.78 Å². The van der Waals surface area contributed by atoms with Gasteiger partial charge in [-0.2, -0.15) is 9.61 Å². The zero-order valence-corrected chi connectivity index (χ0v) is 22.8. The molecule has 39 heavy (non-hydrogen) atoms. The van der Waals surface area contributed by atoms with Crippen molar-refractivity contribution in [3.63, 3.8) is 0 Å². The van der Waals surface area contributed by atoms with Gasteiger partial charge in [0.15, 0.2) is 11.8 Å². The summed E-state index contributed by atoms with van der Waals surface area (Å²) in [4.78, 5) is 19.8. The first kappa shape index (κ1) is 25.5. The van der Waals surface area contributed by atoms with Gasteiger partial charge in [0.1, 0.15) is 5.82 Å². The molecular formula is C31H34N4O4. The third kappa shape index (κ3) is 4.79. The number of rotatable bonds is 6. The number of anilines is 1. The van der Waals surface area contributed by atoms with Crippen LogP contribution in [0.4, 0.5) is 5.82 Å². The molecule has 0 amide bonds. The minimum Gasteiger partial charge on any atom is -0.479 e. The molecule has 8 nitrogen and oxygen atoms in total. The molecule has 2 saturated heterocycles. The monoisotopic (exact) mass is 526 g/mol. The number of carbonyl (C=O) groups is 1. The average Bonchev–Trinajstić information content (AvgIpc) is 3.43. The summed E-state index contributed by atoms with van der Waals surface area (Å²) in [7, 11) is 0. The lowest BCUT2D eigenvalue weighted by Crippen LogP contribution is -2.48. The Balaban J connectivity index is 1.55. The fourth-order valence-corrected chi connectivity index (χ4v) is 5.86. The van der Waals surface area contributed by atoms with Crippen LogP contribution in [0.2, 0.25) is 0 Å². The van der Waals surface area contributed by atoms with Crippen LogP contribution in [-0.2, 0) is 14.3 Å². The molecule has 3 atom stereocenters. The molecule has 2 aliphatic rings. The van der Waals surface area contributed by atoms with Crippen LogP contribution in [0.1, 0.15) is 51.0 Å². The molecule has 0 saturated carbocycles. The summed E-state index contributed by atoms with van der Waals surface area (Å²) in [6.45, 7) is 8.68. The number of fused-ring (bicyclic) bond motifs is 3. The van der Waals surface area contributed by atoms with Gasteiger partial charge in [-0.3, -0.25) is 0 Å². The molecule has 202 valence electrons. The van der Waals surface area contributed by atoms with E-state index in [0.717, 1.165) is 41.0 Å². The molecule has 0 radical (unpaired) electrons. The molecule has 2 aromatic carbocycles. The van der Waals surface area contributed by atoms with Crippen molar-refractivity contribution < 1.29 is 19.4 Å². The van der Waals surface area contributed by atoms with Gasteiger partial charge < -0.3 is 19.5 Å². The van der Waals surface area contributed by atoms with Crippen LogP contribution in [-0.4, -0.2) is 56.6 Å². The Hall–Kier alpha value is -3.75. The lowest BCUT2D eigenvalue weighted by molar-refractivity contribution is -0.160. The van der Waals surface area contributed by atoms with Crippen LogP contribution in [0.3, 0.4) is 0 Å². The summed E-state index contributed by atoms with van der Waals surface area (Å²) in [5.41, 5.74) is 5.18. The van der Waals surface area contributed by atoms with Crippen molar-refractivity contribution in [2.75, 3.05) is 18.1 Å². The van der Waals surface area contributed by atoms with Gasteiger partial charge in [0.25, 0.3) is 0 Å². The number of hydrogen-bond acceptors (Lipinski definition) is 6. The van der Waals surface area contributed by atoms with E-state index in [4.69, 9.17) is 19.6 Å². The summed E-state index contributed by atoms with van der Waals surface area (Å²) in [5, 5.41) is 15.4. The van der Waals surface area contributed by atoms with E-state index in [0.29, 0.717) is 30.1 Å². The van der Waals surface area contributed by atoms with Crippen LogP contribution >= 0.6 is 0 Å². The molecule has 4 heterocycles. The Morgan fingerprint density at radius 3 is 2.33 bits per heavy atom. The minimum absolute atomic E-state index is 0.144. The topological polar surface area (TPSA) is 89.2 Å². The second kappa shape index (κ2) is 9.77. The lowest BCUT2D eigenvalue weighted by atomic mass is 10.0. The Labute approximate surface area is 228 Å². The zero-order valence-electron chi connectivity index (χ0n) is 22.8. The summed E-state index contributed by atoms with van der Waals surface area (Å²) in [5.74, 6) is -0.297. The number of aromatic nitrogens is 3. The molecule has 2 bridgehead atoms. The van der Waals surface area contributed by atoms with Crippen LogP contribution in [0.5, 0.6) is 0 Å². The van der Waals surface area contributed by atoms with Crippen LogP contribution in [0.15, 0.2) is 60.7 Å². The largest absolute Gasteiger partial charge is 0.479 e. The summed E-state index contributed by atoms with van der Waals surface area (Å²) in [6.07, 6.45) is 0.782. The third-order valence-electron chi connectivity index (χ3n) is 7.51. The van der Waals surface area contributed by atoms with Gasteiger partial charge >= 0.3 is 5.97 Å². The maximum absolute atomic E-state index is 12.7. The molecule has 0 aliphatic carbocycles. The lowest BCUT2D eigenvalue weighted by Gasteiger charge is -2.39. The first-order valence-electron chi connectivity index (χ1n) is 13.5. The van der Waals surface area contributed by atoms with Gasteiger partial charge in [0.2, 0.25) is 0 Å². The van der Waals surface area contributed by atoms with Gasteiger partial charge in [0, 0.05) is 17.3 Å². The van der Waals surface area contributed by atoms with E-state index in [1.54, 1.807) is 0 Å². The number of benzene rings is 2. The van der Waals surface area contributed by atoms with Crippen molar-refractivity contribution in [1.29, 1.82) is 0 Å². The highest BCUT2D eigenvalue weighted by Gasteiger charge is 2.43. The van der Waals surface area contributed by atoms with Crippen molar-refractivity contribution in [2.24, 2.45) is 0 Å². The molecule has 8 heteroatoms. The number of aliphatic carboxylic acids is 1. The Bertz CT molecular complexity index is 1510. The summed E-state index contributed by atoms with van der Waals surface area (Å²) in [6, 6.07) is 20.8. The molecule has 6 rings (SSSR count). The van der Waals surface area contributed by atoms with Gasteiger partial charge in [0.05, 0.1) is 42.2 Å². The first-order chi connectivity index (χ1) is 18.7. The van der Waals surface area contributed by atoms with Crippen molar-refractivity contribution in [3.8, 4) is 22.4 Å². The molecule has 2 aliphatic heterocycles. The predicted octanol–water partition coefficient (Wildman–Crippen LogP) is 5.68. The highest BCUT2D eigenvalue weighted by atomic mass is 16.5. The maximum Gasteiger partial charge on any atom is 0.337 e. The smallest absolute Gasteiger partial charge is 0.337 e. The SMILES string of the molecule is Cc1nc2cc(-c3cccc(-c4ccccc4)c3)nn2c(N2[C@@H]3CC[C@H]2COC3)c1[C@H](OC(C)(C)C)C(=O)O. The van der Waals surface area contributed by atoms with E-state index >= 15 is 0 Å². The van der Waals surface area contributed by atoms with E-state index < -0.39 is 17.7 Å². The zero-order chi connectivity index (χ0) is 27.3. The Morgan fingerprint density at radius 1 is 1.00 bits per heavy atom. The number of aryl methyl sites for hydroxylation is 1. The minimum atomic E-state index is -1.19. The number of carboxylic acid groups (broad SMARTS) is 1. The highest BCUT2D eigenvalue weighted by Crippen LogP contribution is 2.41. The maximum atomic E-state index is 12.7. The van der Waals surface area contributed by atoms with Gasteiger partial charge in [-0.05, 0) is 57.7 Å². The molecular weight excluding hydrogens is 492 g/mol. The molecule has 0 spiro atoms. The van der Waals surface area contributed by atoms with E-state index in [1.165, 1.54) is 0 Å². The first-order valence-corrected chi connectivity index (χ1v) is 13.5. The quantitative estimate of drug-likeness (QED) is 0.346. The second-order valence-corrected chi connectivity index (χ2v) is 11.5. The van der Waals surface area contributed by atoms with E-state index in [1.807, 2.05) is 68.6 Å². The fourth-order valence-electron chi connectivity index (χ4n) is 5.86. The fraction of sp³-hybridized carbons (Fsp3) is 0.387. The second-order valence-electron chi connectivity index (χ2n) is 11.5. The van der Waals surface area contributed by atoms with Gasteiger partial charge in [-0.15, -0.1) is 0 Å². The van der Waals surface area contributed by atoms with Crippen LogP contribution < -0.4 is 4.90 Å². The number of hydrogen-bond donors (Lipinski definition) is 1. The molecule has 0 unspecified atom stereocenters. The van der Waals surface area contributed by atoms with Crippen LogP contribution in [0, 0.1) is 6.92 Å². The standard InChI is InChI=1S/C31H34N4O4/c1-19-27(28(30(36)37)39-31(2,3)4)29(34-23-13-14-24(34)18-38-17-23)35-26(32-19)16-25(33-35)22-12-8-11-21(15-22)20-9-6-5-7-10-20/h5-12,15-16,23-24,28H,13-14,17-18H2,1-4H3,(H,36,37)/t23-,24+,28-/m0/s1. The number of carboxylic acids is 1. The number of nitrogens with zero attached hydrogens (tertiary/aromatic N) is 4. The number of morpholine rings is 1. The predicted molar refractivity (Wildman–Crippen MR) is 150 cm³/mol. The third-order valence-corrected chi connectivity index (χ3v) is 7.51. The van der Waals surface area contributed by atoms with Gasteiger partial charge in [-0.1, -0.05) is 48.5 Å². The molecule has 2 fully saturated rings. The molecule has 4 aromatic rings. The van der Waals surface area contributed by atoms with E-state index in [-0.39, 0.29) is 12.1 Å². The highest BCUT2D eigenvalue weighted by molar-refractivity contribution is 5.79. The summed E-state index contributed by atoms with van der Waals surface area (Å²) < 4.78 is 13.9. The Kier molecular flexibility index (Phi) is 6.40. The summed E-state index contributed by atoms with van der Waals surface area (Å²) >= 11 is 0. The van der Waals surface area contributed by atoms with Crippen molar-refractivity contribution in [1.82, 2.24) is 14.6 Å². The molecule has 1 N–H and O–H groups in total. The molecule has 2 aromatic heterocycles. The van der Waals surface area contributed by atoms with Crippen molar-refractivity contribution in [2.45, 2.75) is 64.3 Å². The Morgan fingerprint density at radius 2 is 1.67 bits per heavy atom. The van der Waals surface area contributed by atoms with E-state index in [9.17, 15) is 9.90 Å².